The van der Waals surface area contributed by atoms with Crippen LogP contribution in [0.5, 0.6) is 0 Å². The summed E-state index contributed by atoms with van der Waals surface area (Å²) >= 11 is 1.92. The zero-order chi connectivity index (χ0) is 14.2. The SMILES string of the molecule is CCC1c2ccsc2CCN1Cc1noc2c1CCCC2. The van der Waals surface area contributed by atoms with Gasteiger partial charge in [0.25, 0.3) is 0 Å². The summed E-state index contributed by atoms with van der Waals surface area (Å²) in [7, 11) is 0. The van der Waals surface area contributed by atoms with Crippen LogP contribution in [0.15, 0.2) is 16.0 Å². The van der Waals surface area contributed by atoms with E-state index in [1.165, 1.54) is 36.9 Å². The zero-order valence-electron chi connectivity index (χ0n) is 12.6. The summed E-state index contributed by atoms with van der Waals surface area (Å²) in [5, 5.41) is 6.64. The van der Waals surface area contributed by atoms with Crippen molar-refractivity contribution in [3.05, 3.63) is 38.9 Å². The molecule has 0 N–H and O–H groups in total. The van der Waals surface area contributed by atoms with Crippen LogP contribution in [0.2, 0.25) is 0 Å². The maximum Gasteiger partial charge on any atom is 0.140 e. The first-order chi connectivity index (χ1) is 10.4. The fraction of sp³-hybridized carbons (Fsp3) is 0.588. The van der Waals surface area contributed by atoms with Gasteiger partial charge in [-0.3, -0.25) is 4.90 Å². The minimum atomic E-state index is 0.552. The molecule has 1 aliphatic heterocycles. The molecule has 0 fully saturated rings. The second-order valence-electron chi connectivity index (χ2n) is 6.18. The lowest BCUT2D eigenvalue weighted by molar-refractivity contribution is 0.168. The van der Waals surface area contributed by atoms with Crippen LogP contribution in [0, 0.1) is 0 Å². The fourth-order valence-electron chi connectivity index (χ4n) is 3.88. The highest BCUT2D eigenvalue weighted by Gasteiger charge is 2.29. The molecule has 3 heterocycles. The third-order valence-corrected chi connectivity index (χ3v) is 5.97. The van der Waals surface area contributed by atoms with E-state index in [4.69, 9.17) is 4.52 Å². The molecule has 0 spiro atoms. The van der Waals surface area contributed by atoms with Gasteiger partial charge in [-0.25, -0.2) is 0 Å². The van der Waals surface area contributed by atoms with Gasteiger partial charge in [-0.1, -0.05) is 12.1 Å². The molecule has 2 aromatic rings. The molecule has 21 heavy (non-hydrogen) atoms. The Bertz CT molecular complexity index is 631. The minimum absolute atomic E-state index is 0.552. The maximum atomic E-state index is 5.58. The molecule has 4 heteroatoms. The summed E-state index contributed by atoms with van der Waals surface area (Å²) < 4.78 is 5.58. The highest BCUT2D eigenvalue weighted by molar-refractivity contribution is 7.10. The van der Waals surface area contributed by atoms with Gasteiger partial charge in [-0.15, -0.1) is 11.3 Å². The Morgan fingerprint density at radius 3 is 3.14 bits per heavy atom. The van der Waals surface area contributed by atoms with Crippen LogP contribution in [-0.2, 0) is 25.8 Å². The quantitative estimate of drug-likeness (QED) is 0.854. The van der Waals surface area contributed by atoms with Gasteiger partial charge >= 0.3 is 0 Å². The molecular weight excluding hydrogens is 280 g/mol. The van der Waals surface area contributed by atoms with Crippen molar-refractivity contribution >= 4 is 11.3 Å². The Labute approximate surface area is 129 Å². The van der Waals surface area contributed by atoms with E-state index in [0.29, 0.717) is 6.04 Å². The maximum absolute atomic E-state index is 5.58. The molecule has 2 aromatic heterocycles. The molecule has 0 amide bonds. The normalized spacial score (nSPS) is 22.0. The Morgan fingerprint density at radius 1 is 1.33 bits per heavy atom. The summed E-state index contributed by atoms with van der Waals surface area (Å²) in [5.41, 5.74) is 4.15. The lowest BCUT2D eigenvalue weighted by Crippen LogP contribution is -2.34. The van der Waals surface area contributed by atoms with Gasteiger partial charge in [0.05, 0.1) is 0 Å². The van der Waals surface area contributed by atoms with E-state index >= 15 is 0 Å². The van der Waals surface area contributed by atoms with Crippen LogP contribution >= 0.6 is 11.3 Å². The number of aryl methyl sites for hydroxylation is 1. The van der Waals surface area contributed by atoms with Gasteiger partial charge in [0, 0.05) is 36.0 Å². The molecule has 0 saturated heterocycles. The molecule has 4 rings (SSSR count). The molecule has 1 atom stereocenters. The summed E-state index contributed by atoms with van der Waals surface area (Å²) in [5.74, 6) is 1.15. The lowest BCUT2D eigenvalue weighted by Gasteiger charge is -2.35. The number of rotatable bonds is 3. The van der Waals surface area contributed by atoms with Gasteiger partial charge < -0.3 is 4.52 Å². The van der Waals surface area contributed by atoms with Crippen LogP contribution in [0.25, 0.3) is 0 Å². The predicted octanol–water partition coefficient (Wildman–Crippen LogP) is 4.12. The van der Waals surface area contributed by atoms with E-state index in [0.717, 1.165) is 31.7 Å². The minimum Gasteiger partial charge on any atom is -0.361 e. The third-order valence-electron chi connectivity index (χ3n) is 4.98. The number of fused-ring (bicyclic) bond motifs is 2. The van der Waals surface area contributed by atoms with Gasteiger partial charge in [0.1, 0.15) is 11.5 Å². The first-order valence-corrected chi connectivity index (χ1v) is 9.01. The largest absolute Gasteiger partial charge is 0.361 e. The number of aromatic nitrogens is 1. The first kappa shape index (κ1) is 13.5. The van der Waals surface area contributed by atoms with E-state index in [9.17, 15) is 0 Å². The molecule has 1 unspecified atom stereocenters. The summed E-state index contributed by atoms with van der Waals surface area (Å²) in [6.07, 6.45) is 7.12. The van der Waals surface area contributed by atoms with Crippen molar-refractivity contribution in [1.29, 1.82) is 0 Å². The molecule has 1 aliphatic carbocycles. The van der Waals surface area contributed by atoms with Crippen LogP contribution in [-0.4, -0.2) is 16.6 Å². The molecule has 0 saturated carbocycles. The molecule has 0 bridgehead atoms. The van der Waals surface area contributed by atoms with Crippen LogP contribution in [0.4, 0.5) is 0 Å². The van der Waals surface area contributed by atoms with Crippen molar-refractivity contribution < 1.29 is 4.52 Å². The van der Waals surface area contributed by atoms with Gasteiger partial charge in [0.2, 0.25) is 0 Å². The number of hydrogen-bond acceptors (Lipinski definition) is 4. The second-order valence-corrected chi connectivity index (χ2v) is 7.18. The second kappa shape index (κ2) is 5.58. The molecule has 2 aliphatic rings. The predicted molar refractivity (Wildman–Crippen MR) is 84.6 cm³/mol. The van der Waals surface area contributed by atoms with Crippen molar-refractivity contribution in [2.45, 2.75) is 58.0 Å². The molecule has 3 nitrogen and oxygen atoms in total. The summed E-state index contributed by atoms with van der Waals surface area (Å²) in [6, 6.07) is 2.87. The van der Waals surface area contributed by atoms with Crippen molar-refractivity contribution in [2.75, 3.05) is 6.54 Å². The topological polar surface area (TPSA) is 29.3 Å². The highest BCUT2D eigenvalue weighted by atomic mass is 32.1. The standard InChI is InChI=1S/C17H22N2OS/c1-2-15-13-8-10-21-17(13)7-9-19(15)11-14-12-5-3-4-6-16(12)20-18-14/h8,10,15H,2-7,9,11H2,1H3. The monoisotopic (exact) mass is 302 g/mol. The average molecular weight is 302 g/mol. The Balaban J connectivity index is 1.58. The van der Waals surface area contributed by atoms with Crippen LogP contribution in [0.1, 0.15) is 59.7 Å². The van der Waals surface area contributed by atoms with Crippen molar-refractivity contribution in [3.8, 4) is 0 Å². The summed E-state index contributed by atoms with van der Waals surface area (Å²) in [6.45, 7) is 4.39. The van der Waals surface area contributed by atoms with Crippen molar-refractivity contribution in [3.63, 3.8) is 0 Å². The Kier molecular flexibility index (Phi) is 3.59. The van der Waals surface area contributed by atoms with Crippen molar-refractivity contribution in [1.82, 2.24) is 10.1 Å². The van der Waals surface area contributed by atoms with E-state index in [-0.39, 0.29) is 0 Å². The molecule has 0 radical (unpaired) electrons. The lowest BCUT2D eigenvalue weighted by atomic mass is 9.94. The molecular formula is C17H22N2OS. The number of hydrogen-bond donors (Lipinski definition) is 0. The highest BCUT2D eigenvalue weighted by Crippen LogP contribution is 2.36. The Hall–Kier alpha value is -1.13. The number of nitrogens with zero attached hydrogens (tertiary/aromatic N) is 2. The average Bonchev–Trinajstić information content (AvgIpc) is 3.14. The van der Waals surface area contributed by atoms with E-state index < -0.39 is 0 Å². The fourth-order valence-corrected chi connectivity index (χ4v) is 4.81. The van der Waals surface area contributed by atoms with Gasteiger partial charge in [-0.05, 0) is 49.1 Å². The van der Waals surface area contributed by atoms with E-state index in [1.54, 1.807) is 10.4 Å². The van der Waals surface area contributed by atoms with Gasteiger partial charge in [-0.2, -0.15) is 0 Å². The van der Waals surface area contributed by atoms with Crippen LogP contribution in [0.3, 0.4) is 0 Å². The summed E-state index contributed by atoms with van der Waals surface area (Å²) in [4.78, 5) is 4.18. The number of thiophene rings is 1. The molecule has 112 valence electrons. The first-order valence-electron chi connectivity index (χ1n) is 8.13. The third kappa shape index (κ3) is 2.34. The zero-order valence-corrected chi connectivity index (χ0v) is 13.4. The van der Waals surface area contributed by atoms with Crippen LogP contribution < -0.4 is 0 Å². The smallest absolute Gasteiger partial charge is 0.140 e. The van der Waals surface area contributed by atoms with Crippen molar-refractivity contribution in [2.24, 2.45) is 0 Å². The molecule has 0 aromatic carbocycles. The van der Waals surface area contributed by atoms with Gasteiger partial charge in [0.15, 0.2) is 0 Å². The van der Waals surface area contributed by atoms with E-state index in [1.807, 2.05) is 11.3 Å². The van der Waals surface area contributed by atoms with E-state index in [2.05, 4.69) is 28.4 Å². The Morgan fingerprint density at radius 2 is 2.24 bits per heavy atom.